The fourth-order valence-electron chi connectivity index (χ4n) is 4.49. The Kier molecular flexibility index (Phi) is 4.43. The van der Waals surface area contributed by atoms with Crippen LogP contribution in [0.15, 0.2) is 47.9 Å². The molecule has 3 N–H and O–H groups in total. The lowest BCUT2D eigenvalue weighted by Gasteiger charge is -2.45. The summed E-state index contributed by atoms with van der Waals surface area (Å²) in [6.45, 7) is 0.315. The highest BCUT2D eigenvalue weighted by molar-refractivity contribution is 6.02. The molecule has 0 aromatic rings. The van der Waals surface area contributed by atoms with Crippen molar-refractivity contribution < 1.29 is 14.4 Å². The predicted molar refractivity (Wildman–Crippen MR) is 94.0 cm³/mol. The zero-order valence-electron chi connectivity index (χ0n) is 13.6. The normalized spacial score (nSPS) is 33.2. The molecule has 2 amide bonds. The number of imide groups is 1. The fraction of sp³-hybridized carbons (Fsp3) is 0.389. The summed E-state index contributed by atoms with van der Waals surface area (Å²) in [5.74, 6) is -1.57. The van der Waals surface area contributed by atoms with Crippen molar-refractivity contribution in [2.45, 2.75) is 19.3 Å². The summed E-state index contributed by atoms with van der Waals surface area (Å²) in [5, 5.41) is 2.40. The van der Waals surface area contributed by atoms with Gasteiger partial charge >= 0.3 is 0 Å². The molecule has 0 aromatic heterocycles. The Morgan fingerprint density at radius 3 is 2.80 bits per heavy atom. The molecule has 3 unspecified atom stereocenters. The summed E-state index contributed by atoms with van der Waals surface area (Å²) in [5.41, 5.74) is 7.18. The van der Waals surface area contributed by atoms with Crippen molar-refractivity contribution in [2.24, 2.45) is 23.0 Å². The number of piperidine rings is 1. The number of ketones is 1. The summed E-state index contributed by atoms with van der Waals surface area (Å²) in [7, 11) is 0. The van der Waals surface area contributed by atoms with Crippen molar-refractivity contribution >= 4 is 30.0 Å². The zero-order chi connectivity index (χ0) is 16.9. The van der Waals surface area contributed by atoms with Crippen LogP contribution in [0.4, 0.5) is 0 Å². The number of carbonyl (C=O) groups is 3. The second-order valence-electron chi connectivity index (χ2n) is 6.62. The Morgan fingerprint density at radius 2 is 2.08 bits per heavy atom. The molecule has 0 saturated carbocycles. The second kappa shape index (κ2) is 6.28. The summed E-state index contributed by atoms with van der Waals surface area (Å²) in [6.07, 6.45) is 12.7. The largest absolute Gasteiger partial charge is 0.337 e. The van der Waals surface area contributed by atoms with Gasteiger partial charge in [-0.1, -0.05) is 30.4 Å². The standard InChI is InChI=1S/C18H19N3O3.ClH/c19-10-21-9-11-3-1-2-8-18(11)14(21)6-5-13(22)16(18)12-4-7-15(23)20-17(12)24;/h1-3,6,8-9,12,16H,4-5,7,10,19H2,(H,20,23,24);1H. The number of amides is 2. The van der Waals surface area contributed by atoms with Crippen molar-refractivity contribution in [3.8, 4) is 0 Å². The van der Waals surface area contributed by atoms with Crippen LogP contribution in [0, 0.1) is 17.3 Å². The topological polar surface area (TPSA) is 92.5 Å². The smallest absolute Gasteiger partial charge is 0.230 e. The van der Waals surface area contributed by atoms with Gasteiger partial charge in [0.25, 0.3) is 0 Å². The minimum absolute atomic E-state index is 0. The Balaban J connectivity index is 0.00000182. The number of halogens is 1. The maximum absolute atomic E-state index is 12.9. The van der Waals surface area contributed by atoms with E-state index in [1.54, 1.807) is 0 Å². The number of hydrogen-bond acceptors (Lipinski definition) is 5. The molecule has 25 heavy (non-hydrogen) atoms. The monoisotopic (exact) mass is 361 g/mol. The molecule has 1 fully saturated rings. The van der Waals surface area contributed by atoms with Crippen molar-refractivity contribution in [1.29, 1.82) is 0 Å². The van der Waals surface area contributed by atoms with E-state index >= 15 is 0 Å². The van der Waals surface area contributed by atoms with E-state index in [9.17, 15) is 14.4 Å². The minimum atomic E-state index is -0.647. The van der Waals surface area contributed by atoms with Crippen LogP contribution in [0.2, 0.25) is 0 Å². The Hall–Kier alpha value is -2.18. The fourth-order valence-corrected chi connectivity index (χ4v) is 4.49. The molecule has 3 atom stereocenters. The van der Waals surface area contributed by atoms with Gasteiger partial charge in [-0.2, -0.15) is 0 Å². The lowest BCUT2D eigenvalue weighted by molar-refractivity contribution is -0.143. The third-order valence-electron chi connectivity index (χ3n) is 5.47. The Labute approximate surface area is 151 Å². The van der Waals surface area contributed by atoms with E-state index in [0.29, 0.717) is 13.1 Å². The minimum Gasteiger partial charge on any atom is -0.337 e. The summed E-state index contributed by atoms with van der Waals surface area (Å²) in [6, 6.07) is 0. The van der Waals surface area contributed by atoms with E-state index in [-0.39, 0.29) is 42.8 Å². The molecule has 132 valence electrons. The van der Waals surface area contributed by atoms with E-state index in [4.69, 9.17) is 5.73 Å². The van der Waals surface area contributed by atoms with Crippen molar-refractivity contribution in [2.75, 3.05) is 6.67 Å². The first-order valence-corrected chi connectivity index (χ1v) is 8.20. The number of hydrogen-bond donors (Lipinski definition) is 2. The van der Waals surface area contributed by atoms with Crippen LogP contribution in [0.5, 0.6) is 0 Å². The van der Waals surface area contributed by atoms with E-state index in [1.165, 1.54) is 0 Å². The van der Waals surface area contributed by atoms with Crippen LogP contribution in [0.25, 0.3) is 0 Å². The van der Waals surface area contributed by atoms with Crippen LogP contribution in [-0.2, 0) is 14.4 Å². The quantitative estimate of drug-likeness (QED) is 0.720. The van der Waals surface area contributed by atoms with E-state index in [0.717, 1.165) is 11.3 Å². The molecule has 0 radical (unpaired) electrons. The number of rotatable bonds is 2. The highest BCUT2D eigenvalue weighted by Crippen LogP contribution is 2.57. The van der Waals surface area contributed by atoms with Crippen LogP contribution in [-0.4, -0.2) is 29.2 Å². The highest BCUT2D eigenvalue weighted by Gasteiger charge is 2.57. The molecule has 1 saturated heterocycles. The first-order chi connectivity index (χ1) is 11.6. The van der Waals surface area contributed by atoms with Gasteiger partial charge in [0.15, 0.2) is 0 Å². The number of allylic oxidation sites excluding steroid dienone is 5. The predicted octanol–water partition coefficient (Wildman–Crippen LogP) is 1.16. The molecular formula is C18H20ClN3O3. The first kappa shape index (κ1) is 17.6. The van der Waals surface area contributed by atoms with Gasteiger partial charge in [-0.15, -0.1) is 12.4 Å². The van der Waals surface area contributed by atoms with E-state index in [1.807, 2.05) is 41.5 Å². The molecular weight excluding hydrogens is 342 g/mol. The van der Waals surface area contributed by atoms with Gasteiger partial charge in [-0.3, -0.25) is 19.7 Å². The van der Waals surface area contributed by atoms with Crippen molar-refractivity contribution in [1.82, 2.24) is 10.2 Å². The summed E-state index contributed by atoms with van der Waals surface area (Å²) >= 11 is 0. The maximum atomic E-state index is 12.9. The maximum Gasteiger partial charge on any atom is 0.230 e. The Morgan fingerprint density at radius 1 is 1.28 bits per heavy atom. The average Bonchev–Trinajstić information content (AvgIpc) is 2.90. The molecule has 7 heteroatoms. The molecule has 1 spiro atoms. The zero-order valence-corrected chi connectivity index (χ0v) is 14.4. The van der Waals surface area contributed by atoms with Gasteiger partial charge in [0.2, 0.25) is 11.8 Å². The molecule has 4 rings (SSSR count). The second-order valence-corrected chi connectivity index (χ2v) is 6.62. The molecule has 0 bridgehead atoms. The molecule has 4 aliphatic rings. The average molecular weight is 362 g/mol. The molecule has 0 aromatic carbocycles. The van der Waals surface area contributed by atoms with Crippen LogP contribution in [0.1, 0.15) is 19.3 Å². The lowest BCUT2D eigenvalue weighted by Crippen LogP contribution is -2.52. The lowest BCUT2D eigenvalue weighted by atomic mass is 9.58. The molecule has 2 aliphatic carbocycles. The molecule has 2 aliphatic heterocycles. The number of nitrogens with zero attached hydrogens (tertiary/aromatic N) is 1. The van der Waals surface area contributed by atoms with Crippen LogP contribution in [0.3, 0.4) is 0 Å². The SMILES string of the molecule is Cl.NCN1C=C2C=CC=CC23C1=CCC(=O)C3C1CCC(=O)NC1=O. The molecule has 2 heterocycles. The molecule has 6 nitrogen and oxygen atoms in total. The van der Waals surface area contributed by atoms with Crippen LogP contribution < -0.4 is 11.1 Å². The summed E-state index contributed by atoms with van der Waals surface area (Å²) < 4.78 is 0. The number of nitrogens with two attached hydrogens (primary N) is 1. The third kappa shape index (κ3) is 2.40. The van der Waals surface area contributed by atoms with Gasteiger partial charge in [0.05, 0.1) is 18.0 Å². The number of nitrogens with one attached hydrogen (secondary N) is 1. The van der Waals surface area contributed by atoms with Crippen molar-refractivity contribution in [3.63, 3.8) is 0 Å². The van der Waals surface area contributed by atoms with Gasteiger partial charge < -0.3 is 10.6 Å². The number of carbonyl (C=O) groups excluding carboxylic acids is 3. The van der Waals surface area contributed by atoms with E-state index < -0.39 is 17.3 Å². The number of Topliss-reactive ketones (excluding diaryl/α,β-unsaturated/α-hetero) is 1. The highest BCUT2D eigenvalue weighted by atomic mass is 35.5. The Bertz CT molecular complexity index is 768. The summed E-state index contributed by atoms with van der Waals surface area (Å²) in [4.78, 5) is 38.8. The van der Waals surface area contributed by atoms with E-state index in [2.05, 4.69) is 5.32 Å². The van der Waals surface area contributed by atoms with Crippen molar-refractivity contribution in [3.05, 3.63) is 47.9 Å². The van der Waals surface area contributed by atoms with Crippen LogP contribution >= 0.6 is 12.4 Å². The van der Waals surface area contributed by atoms with Gasteiger partial charge in [0, 0.05) is 30.7 Å². The van der Waals surface area contributed by atoms with Gasteiger partial charge in [-0.05, 0) is 12.0 Å². The third-order valence-corrected chi connectivity index (χ3v) is 5.47. The van der Waals surface area contributed by atoms with Gasteiger partial charge in [-0.25, -0.2) is 0 Å². The van der Waals surface area contributed by atoms with Gasteiger partial charge in [0.1, 0.15) is 5.78 Å². The first-order valence-electron chi connectivity index (χ1n) is 8.20.